The van der Waals surface area contributed by atoms with Crippen molar-refractivity contribution in [2.45, 2.75) is 43.6 Å². The van der Waals surface area contributed by atoms with Crippen molar-refractivity contribution >= 4 is 13.1 Å². The Labute approximate surface area is 190 Å². The molecule has 0 spiro atoms. The molecule has 0 atom stereocenters. The summed E-state index contributed by atoms with van der Waals surface area (Å²) in [5.41, 5.74) is -7.81. The molecule has 2 rings (SSSR count). The lowest BCUT2D eigenvalue weighted by Gasteiger charge is -2.32. The van der Waals surface area contributed by atoms with Crippen LogP contribution in [0.5, 0.6) is 0 Å². The molecule has 0 aliphatic rings. The number of rotatable bonds is 6. The van der Waals surface area contributed by atoms with E-state index in [0.717, 1.165) is 17.5 Å². The smallest absolute Gasteiger partial charge is 0.391 e. The number of benzene rings is 1. The second kappa shape index (κ2) is 10.8. The van der Waals surface area contributed by atoms with Crippen molar-refractivity contribution < 1.29 is 31.2 Å². The molecule has 0 saturated heterocycles. The third kappa shape index (κ3) is 6.10. The summed E-state index contributed by atoms with van der Waals surface area (Å²) in [6.07, 6.45) is -8.30. The fourth-order valence-corrected chi connectivity index (χ4v) is 2.58. The Balaban J connectivity index is 0.00000104. The average molecular weight is 487 g/mol. The van der Waals surface area contributed by atoms with E-state index < -0.39 is 35.4 Å². The fourth-order valence-electron chi connectivity index (χ4n) is 2.58. The lowest BCUT2D eigenvalue weighted by Crippen LogP contribution is -2.53. The van der Waals surface area contributed by atoms with Crippen LogP contribution in [0.1, 0.15) is 30.5 Å². The van der Waals surface area contributed by atoms with Crippen LogP contribution >= 0.6 is 0 Å². The highest BCUT2D eigenvalue weighted by Gasteiger charge is 2.73. The first-order chi connectivity index (χ1) is 15.7. The molecular formula is C20H19F6N7O. The fraction of sp³-hybridized carbons (Fsp3) is 0.400. The zero-order valence-corrected chi connectivity index (χ0v) is 18.2. The molecule has 0 saturated carbocycles. The van der Waals surface area contributed by atoms with Crippen LogP contribution in [-0.2, 0) is 17.4 Å². The second-order valence-corrected chi connectivity index (χ2v) is 7.14. The third-order valence-electron chi connectivity index (χ3n) is 4.40. The summed E-state index contributed by atoms with van der Waals surface area (Å²) < 4.78 is 81.3. The van der Waals surface area contributed by atoms with Crippen molar-refractivity contribution in [3.63, 3.8) is 0 Å². The van der Waals surface area contributed by atoms with Gasteiger partial charge in [0.1, 0.15) is 19.3 Å². The summed E-state index contributed by atoms with van der Waals surface area (Å²) in [5.74, 6) is 0. The van der Waals surface area contributed by atoms with E-state index in [9.17, 15) is 31.6 Å². The van der Waals surface area contributed by atoms with Crippen LogP contribution < -0.4 is 4.84 Å². The predicted molar refractivity (Wildman–Crippen MR) is 109 cm³/mol. The van der Waals surface area contributed by atoms with E-state index in [2.05, 4.69) is 26.8 Å². The minimum atomic E-state index is -5.96. The molecule has 2 aromatic rings. The quantitative estimate of drug-likeness (QED) is 0.348. The first-order valence-corrected chi connectivity index (χ1v) is 9.15. The highest BCUT2D eigenvalue weighted by atomic mass is 19.4. The predicted octanol–water partition coefficient (Wildman–Crippen LogP) is 3.94. The number of halogens is 6. The summed E-state index contributed by atoms with van der Waals surface area (Å²) in [7, 11) is 1.65. The van der Waals surface area contributed by atoms with E-state index in [-0.39, 0.29) is 11.1 Å². The molecule has 1 aromatic heterocycles. The molecule has 34 heavy (non-hydrogen) atoms. The van der Waals surface area contributed by atoms with Crippen molar-refractivity contribution in [1.82, 2.24) is 14.9 Å². The minimum Gasteiger partial charge on any atom is -0.391 e. The maximum atomic E-state index is 13.5. The number of hydrogen-bond acceptors (Lipinski definition) is 6. The topological polar surface area (TPSA) is 112 Å². The first kappa shape index (κ1) is 28.1. The van der Waals surface area contributed by atoms with Crippen LogP contribution in [0.2, 0.25) is 0 Å². The Morgan fingerprint density at radius 1 is 1.06 bits per heavy atom. The monoisotopic (exact) mass is 487 g/mol. The Morgan fingerprint density at radius 2 is 1.65 bits per heavy atom. The molecule has 14 heteroatoms. The number of nitrogens with zero attached hydrogens (tertiary/aromatic N) is 7. The summed E-state index contributed by atoms with van der Waals surface area (Å²) >= 11 is 0. The second-order valence-electron chi connectivity index (χ2n) is 7.14. The van der Waals surface area contributed by atoms with Crippen LogP contribution in [0.15, 0.2) is 40.8 Å². The van der Waals surface area contributed by atoms with E-state index in [1.54, 1.807) is 7.05 Å². The molecule has 0 unspecified atom stereocenters. The third-order valence-corrected chi connectivity index (χ3v) is 4.40. The van der Waals surface area contributed by atoms with Gasteiger partial charge in [-0.1, -0.05) is 17.0 Å². The van der Waals surface area contributed by atoms with Crippen LogP contribution in [0, 0.1) is 22.7 Å². The van der Waals surface area contributed by atoms with Crippen molar-refractivity contribution in [3.05, 3.63) is 47.5 Å². The minimum absolute atomic E-state index is 0.121. The van der Waals surface area contributed by atoms with Gasteiger partial charge in [-0.25, -0.2) is 4.98 Å². The van der Waals surface area contributed by atoms with E-state index in [0.29, 0.717) is 18.2 Å². The standard InChI is InChI=1S/C17H13F6N5O.C3H6N2/c1-14(2,7-24)12-3-11(6-29-28-10-26-9-27-28)4-13(5-12)15(8-25,16(18,19)20)17(21,22)23;1-4-3-5-2/h3-5,9-10H,6H2,1-2H3;3H,1H2,2H3. The molecule has 1 heterocycles. The number of aromatic nitrogens is 3. The number of nitriles is 2. The lowest BCUT2D eigenvalue weighted by molar-refractivity contribution is -0.283. The summed E-state index contributed by atoms with van der Waals surface area (Å²) in [6.45, 7) is 5.31. The van der Waals surface area contributed by atoms with Gasteiger partial charge in [-0.15, -0.1) is 5.10 Å². The molecule has 1 aromatic carbocycles. The van der Waals surface area contributed by atoms with Gasteiger partial charge in [-0.05, 0) is 43.3 Å². The van der Waals surface area contributed by atoms with Crippen molar-refractivity contribution in [2.24, 2.45) is 9.98 Å². The van der Waals surface area contributed by atoms with Gasteiger partial charge in [0, 0.05) is 7.05 Å². The SMILES string of the molecule is C=NC=NC.CC(C)(C#N)c1cc(COn2cncn2)cc(C(C#N)(C(F)(F)F)C(F)(F)F)c1. The van der Waals surface area contributed by atoms with Crippen LogP contribution in [0.25, 0.3) is 0 Å². The summed E-state index contributed by atoms with van der Waals surface area (Å²) in [4.78, 5) is 16.4. The molecule has 0 fully saturated rings. The van der Waals surface area contributed by atoms with Gasteiger partial charge in [0.2, 0.25) is 0 Å². The zero-order valence-electron chi connectivity index (χ0n) is 18.2. The molecular weight excluding hydrogens is 468 g/mol. The first-order valence-electron chi connectivity index (χ1n) is 9.15. The van der Waals surface area contributed by atoms with Crippen LogP contribution in [0.3, 0.4) is 0 Å². The molecule has 0 N–H and O–H groups in total. The highest BCUT2D eigenvalue weighted by Crippen LogP contribution is 2.52. The maximum absolute atomic E-state index is 13.5. The Kier molecular flexibility index (Phi) is 8.91. The van der Waals surface area contributed by atoms with Gasteiger partial charge in [0.15, 0.2) is 6.33 Å². The molecule has 0 aliphatic heterocycles. The van der Waals surface area contributed by atoms with Gasteiger partial charge in [-0.2, -0.15) is 36.9 Å². The highest BCUT2D eigenvalue weighted by molar-refractivity contribution is 5.61. The molecule has 0 amide bonds. The largest absolute Gasteiger partial charge is 0.420 e. The van der Waals surface area contributed by atoms with Gasteiger partial charge < -0.3 is 4.84 Å². The Hall–Kier alpha value is -3.94. The van der Waals surface area contributed by atoms with Gasteiger partial charge in [-0.3, -0.25) is 9.98 Å². The van der Waals surface area contributed by atoms with E-state index in [1.165, 1.54) is 26.3 Å². The van der Waals surface area contributed by atoms with Gasteiger partial charge in [0.05, 0.1) is 17.6 Å². The van der Waals surface area contributed by atoms with Gasteiger partial charge in [0.25, 0.3) is 5.41 Å². The normalized spacial score (nSPS) is 12.3. The number of aliphatic imine (C=N–C) groups is 2. The molecule has 0 bridgehead atoms. The van der Waals surface area contributed by atoms with E-state index in [4.69, 9.17) is 10.1 Å². The van der Waals surface area contributed by atoms with Crippen LogP contribution in [0.4, 0.5) is 26.3 Å². The molecule has 182 valence electrons. The van der Waals surface area contributed by atoms with Gasteiger partial charge >= 0.3 is 12.4 Å². The van der Waals surface area contributed by atoms with Crippen molar-refractivity contribution in [2.75, 3.05) is 7.05 Å². The Morgan fingerprint density at radius 3 is 2.03 bits per heavy atom. The Bertz CT molecular complexity index is 1060. The van der Waals surface area contributed by atoms with E-state index in [1.807, 2.05) is 6.07 Å². The summed E-state index contributed by atoms with van der Waals surface area (Å²) in [5, 5.41) is 21.9. The molecule has 0 aliphatic carbocycles. The maximum Gasteiger partial charge on any atom is 0.420 e. The molecule has 0 radical (unpaired) electrons. The van der Waals surface area contributed by atoms with E-state index >= 15 is 0 Å². The summed E-state index contributed by atoms with van der Waals surface area (Å²) in [6, 6.07) is 4.61. The van der Waals surface area contributed by atoms with Crippen molar-refractivity contribution in [1.29, 1.82) is 10.5 Å². The van der Waals surface area contributed by atoms with Crippen molar-refractivity contribution in [3.8, 4) is 12.1 Å². The number of alkyl halides is 6. The number of hydrogen-bond donors (Lipinski definition) is 0. The molecule has 8 nitrogen and oxygen atoms in total. The average Bonchev–Trinajstić information content (AvgIpc) is 3.26. The van der Waals surface area contributed by atoms with Crippen LogP contribution in [-0.4, -0.2) is 47.4 Å². The lowest BCUT2D eigenvalue weighted by atomic mass is 9.76. The zero-order chi connectivity index (χ0) is 26.2.